The van der Waals surface area contributed by atoms with Crippen molar-refractivity contribution in [3.05, 3.63) is 10.4 Å². The van der Waals surface area contributed by atoms with E-state index >= 15 is 0 Å². The van der Waals surface area contributed by atoms with Gasteiger partial charge in [-0.1, -0.05) is 5.11 Å². The highest BCUT2D eigenvalue weighted by molar-refractivity contribution is 4.84. The average molecular weight is 159 g/mol. The third-order valence-electron chi connectivity index (χ3n) is 1.58. The molecule has 6 heteroatoms. The molecule has 1 aliphatic heterocycles. The van der Waals surface area contributed by atoms with Crippen molar-refractivity contribution >= 4 is 0 Å². The summed E-state index contributed by atoms with van der Waals surface area (Å²) in [6.45, 7) is 0.168. The fourth-order valence-corrected chi connectivity index (χ4v) is 0.945. The van der Waals surface area contributed by atoms with Crippen molar-refractivity contribution in [2.24, 2.45) is 5.11 Å². The van der Waals surface area contributed by atoms with E-state index in [0.717, 1.165) is 0 Å². The van der Waals surface area contributed by atoms with Gasteiger partial charge < -0.3 is 14.9 Å². The molecule has 1 heterocycles. The third kappa shape index (κ3) is 1.81. The van der Waals surface area contributed by atoms with Crippen molar-refractivity contribution < 1.29 is 14.9 Å². The topological polar surface area (TPSA) is 98.5 Å². The van der Waals surface area contributed by atoms with Crippen LogP contribution in [0.25, 0.3) is 10.4 Å². The highest BCUT2D eigenvalue weighted by Crippen LogP contribution is 2.14. The summed E-state index contributed by atoms with van der Waals surface area (Å²) in [6.07, 6.45) is -2.34. The number of azide groups is 1. The van der Waals surface area contributed by atoms with Crippen LogP contribution in [-0.2, 0) is 4.74 Å². The maximum Gasteiger partial charge on any atom is 0.108 e. The lowest BCUT2D eigenvalue weighted by molar-refractivity contribution is 0.0276. The van der Waals surface area contributed by atoms with Gasteiger partial charge in [-0.15, -0.1) is 0 Å². The minimum Gasteiger partial charge on any atom is -0.388 e. The number of aliphatic hydroxyl groups is 2. The van der Waals surface area contributed by atoms with Gasteiger partial charge in [0.05, 0.1) is 19.3 Å². The Bertz CT molecular complexity index is 180. The van der Waals surface area contributed by atoms with Crippen LogP contribution >= 0.6 is 0 Å². The Hall–Kier alpha value is -0.810. The molecule has 0 unspecified atom stereocenters. The van der Waals surface area contributed by atoms with Crippen LogP contribution in [-0.4, -0.2) is 41.7 Å². The summed E-state index contributed by atoms with van der Waals surface area (Å²) in [6, 6.07) is 0. The van der Waals surface area contributed by atoms with Gasteiger partial charge in [-0.3, -0.25) is 0 Å². The largest absolute Gasteiger partial charge is 0.388 e. The second-order valence-electron chi connectivity index (χ2n) is 2.34. The molecule has 2 N–H and O–H groups in total. The summed E-state index contributed by atoms with van der Waals surface area (Å²) in [5.74, 6) is 0. The van der Waals surface area contributed by atoms with E-state index < -0.39 is 18.3 Å². The van der Waals surface area contributed by atoms with Gasteiger partial charge in [0, 0.05) is 4.91 Å². The lowest BCUT2D eigenvalue weighted by atomic mass is 10.1. The molecule has 0 aromatic carbocycles. The molecule has 0 aromatic rings. The van der Waals surface area contributed by atoms with E-state index in [9.17, 15) is 0 Å². The second-order valence-corrected chi connectivity index (χ2v) is 2.34. The molecule has 1 rings (SSSR count). The van der Waals surface area contributed by atoms with E-state index in [1.807, 2.05) is 0 Å². The average Bonchev–Trinajstić information content (AvgIpc) is 2.31. The van der Waals surface area contributed by atoms with Crippen molar-refractivity contribution in [2.75, 3.05) is 13.2 Å². The quantitative estimate of drug-likeness (QED) is 0.320. The van der Waals surface area contributed by atoms with E-state index in [2.05, 4.69) is 10.0 Å². The Labute approximate surface area is 63.0 Å². The molecule has 62 valence electrons. The van der Waals surface area contributed by atoms with Gasteiger partial charge in [0.15, 0.2) is 0 Å². The summed E-state index contributed by atoms with van der Waals surface area (Å²) in [4.78, 5) is 2.51. The molecule has 1 aliphatic rings. The molecule has 1 saturated heterocycles. The third-order valence-corrected chi connectivity index (χ3v) is 1.58. The smallest absolute Gasteiger partial charge is 0.108 e. The first kappa shape index (κ1) is 8.29. The second kappa shape index (κ2) is 3.54. The predicted octanol–water partition coefficient (Wildman–Crippen LogP) is -0.583. The first-order chi connectivity index (χ1) is 5.25. The van der Waals surface area contributed by atoms with Gasteiger partial charge in [-0.05, 0) is 5.53 Å². The molecule has 0 aromatic heterocycles. The van der Waals surface area contributed by atoms with Crippen LogP contribution in [0.5, 0.6) is 0 Å². The van der Waals surface area contributed by atoms with Crippen LogP contribution in [0.3, 0.4) is 0 Å². The maximum atomic E-state index is 9.13. The van der Waals surface area contributed by atoms with Crippen molar-refractivity contribution in [2.45, 2.75) is 18.3 Å². The summed E-state index contributed by atoms with van der Waals surface area (Å²) < 4.78 is 4.91. The van der Waals surface area contributed by atoms with Gasteiger partial charge in [0.1, 0.15) is 12.2 Å². The van der Waals surface area contributed by atoms with E-state index in [4.69, 9.17) is 20.5 Å². The number of aliphatic hydroxyl groups excluding tert-OH is 2. The van der Waals surface area contributed by atoms with Gasteiger partial charge in [0.25, 0.3) is 0 Å². The molecule has 0 aliphatic carbocycles. The zero-order valence-electron chi connectivity index (χ0n) is 5.79. The molecule has 1 fully saturated rings. The normalized spacial score (nSPS) is 36.7. The molecular weight excluding hydrogens is 150 g/mol. The van der Waals surface area contributed by atoms with Crippen molar-refractivity contribution in [1.29, 1.82) is 0 Å². The minimum absolute atomic E-state index is 0.0642. The Morgan fingerprint density at radius 2 is 2.36 bits per heavy atom. The van der Waals surface area contributed by atoms with Crippen LogP contribution in [0.1, 0.15) is 0 Å². The Morgan fingerprint density at radius 3 is 2.82 bits per heavy atom. The molecule has 6 nitrogen and oxygen atoms in total. The minimum atomic E-state index is -0.930. The van der Waals surface area contributed by atoms with E-state index in [1.54, 1.807) is 0 Å². The van der Waals surface area contributed by atoms with Crippen LogP contribution in [0.2, 0.25) is 0 Å². The SMILES string of the molecule is [N-]=[N+]=NC[C@H]1OC[C@@H](O)[C@@H]1O. The predicted molar refractivity (Wildman–Crippen MR) is 35.8 cm³/mol. The lowest BCUT2D eigenvalue weighted by Crippen LogP contribution is -2.31. The number of rotatable bonds is 2. The highest BCUT2D eigenvalue weighted by Gasteiger charge is 2.33. The van der Waals surface area contributed by atoms with Crippen LogP contribution in [0.15, 0.2) is 5.11 Å². The van der Waals surface area contributed by atoms with Gasteiger partial charge in [-0.2, -0.15) is 0 Å². The molecule has 3 atom stereocenters. The molecule has 11 heavy (non-hydrogen) atoms. The maximum absolute atomic E-state index is 9.13. The zero-order chi connectivity index (χ0) is 8.27. The number of hydrogen-bond acceptors (Lipinski definition) is 4. The van der Waals surface area contributed by atoms with Crippen molar-refractivity contribution in [3.8, 4) is 0 Å². The van der Waals surface area contributed by atoms with Gasteiger partial charge >= 0.3 is 0 Å². The summed E-state index contributed by atoms with van der Waals surface area (Å²) in [5.41, 5.74) is 7.94. The first-order valence-electron chi connectivity index (χ1n) is 3.24. The van der Waals surface area contributed by atoms with E-state index in [-0.39, 0.29) is 13.2 Å². The number of hydrogen-bond donors (Lipinski definition) is 2. The zero-order valence-corrected chi connectivity index (χ0v) is 5.79. The fourth-order valence-electron chi connectivity index (χ4n) is 0.945. The number of ether oxygens (including phenoxy) is 1. The van der Waals surface area contributed by atoms with Crippen LogP contribution in [0, 0.1) is 0 Å². The highest BCUT2D eigenvalue weighted by atomic mass is 16.5. The Balaban J connectivity index is 2.41. The summed E-state index contributed by atoms with van der Waals surface area (Å²) in [5, 5.41) is 21.3. The molecule has 0 spiro atoms. The van der Waals surface area contributed by atoms with Crippen LogP contribution in [0.4, 0.5) is 0 Å². The molecular formula is C5H9N3O3. The molecule has 0 amide bonds. The van der Waals surface area contributed by atoms with Gasteiger partial charge in [0.2, 0.25) is 0 Å². The van der Waals surface area contributed by atoms with Gasteiger partial charge in [-0.25, -0.2) is 0 Å². The Morgan fingerprint density at radius 1 is 1.64 bits per heavy atom. The Kier molecular flexibility index (Phi) is 2.67. The molecule has 0 bridgehead atoms. The fraction of sp³-hybridized carbons (Fsp3) is 1.00. The monoisotopic (exact) mass is 159 g/mol. The summed E-state index contributed by atoms with van der Waals surface area (Å²) in [7, 11) is 0. The van der Waals surface area contributed by atoms with E-state index in [1.165, 1.54) is 0 Å². The number of nitrogens with zero attached hydrogens (tertiary/aromatic N) is 3. The first-order valence-corrected chi connectivity index (χ1v) is 3.24. The van der Waals surface area contributed by atoms with Crippen molar-refractivity contribution in [1.82, 2.24) is 0 Å². The summed E-state index contributed by atoms with van der Waals surface area (Å²) >= 11 is 0. The van der Waals surface area contributed by atoms with Crippen molar-refractivity contribution in [3.63, 3.8) is 0 Å². The van der Waals surface area contributed by atoms with E-state index in [0.29, 0.717) is 0 Å². The molecule has 0 saturated carbocycles. The molecule has 0 radical (unpaired) electrons. The lowest BCUT2D eigenvalue weighted by Gasteiger charge is -2.10. The standard InChI is InChI=1S/C5H9N3O3/c6-8-7-1-4-5(10)3(9)2-11-4/h3-5,9-10H,1-2H2/t3-,4-,5+/m1/s1. The van der Waals surface area contributed by atoms with Crippen LogP contribution < -0.4 is 0 Å².